The fourth-order valence-electron chi connectivity index (χ4n) is 5.00. The van der Waals surface area contributed by atoms with Crippen LogP contribution in [0.3, 0.4) is 0 Å². The lowest BCUT2D eigenvalue weighted by atomic mass is 10.1. The minimum absolute atomic E-state index is 0.0196. The number of carboxylic acid groups (broad SMARTS) is 2. The van der Waals surface area contributed by atoms with E-state index in [0.717, 1.165) is 11.8 Å². The highest BCUT2D eigenvalue weighted by molar-refractivity contribution is 7.99. The number of carboxylic acids is 2. The number of imidazole rings is 1. The number of rotatable bonds is 22. The molecule has 3 unspecified atom stereocenters. The van der Waals surface area contributed by atoms with E-state index in [4.69, 9.17) is 39.0 Å². The molecule has 14 N–H and O–H groups in total. The number of hydrogen-bond acceptors (Lipinski definition) is 12. The smallest absolute Gasteiger partial charge is 0.322 e. The first-order valence-electron chi connectivity index (χ1n) is 17.4. The molecule has 0 radical (unpaired) electrons. The normalized spacial score (nSPS) is 12.3. The summed E-state index contributed by atoms with van der Waals surface area (Å²) < 4.78 is 4.35. The number of hydrogen-bond donors (Lipinski definition) is 11. The second kappa shape index (κ2) is 21.8. The van der Waals surface area contributed by atoms with Crippen LogP contribution in [0.25, 0.3) is 0 Å². The summed E-state index contributed by atoms with van der Waals surface area (Å²) in [6.07, 6.45) is 3.88. The van der Waals surface area contributed by atoms with Gasteiger partial charge in [0.05, 0.1) is 17.9 Å². The number of carbonyl (C=O) groups is 8. The number of aromatic nitrogens is 4. The first-order valence-corrected chi connectivity index (χ1v) is 19.0. The molecule has 0 spiro atoms. The lowest BCUT2D eigenvalue weighted by Gasteiger charge is -2.19. The number of amides is 6. The monoisotopic (exact) mass is 864 g/mol. The number of alkyl halides is 1. The average Bonchev–Trinajstić information content (AvgIpc) is 3.84. The Morgan fingerprint density at radius 2 is 1.44 bits per heavy atom. The fraction of sp³-hybridized carbons (Fsp3) is 0.394. The number of nitrogens with zero attached hydrogens (tertiary/aromatic N) is 5. The summed E-state index contributed by atoms with van der Waals surface area (Å²) >= 11 is 7.27. The van der Waals surface area contributed by atoms with E-state index in [0.29, 0.717) is 5.69 Å². The van der Waals surface area contributed by atoms with Crippen LogP contribution < -0.4 is 49.1 Å². The summed E-state index contributed by atoms with van der Waals surface area (Å²) in [4.78, 5) is 106. The minimum Gasteiger partial charge on any atom is -0.480 e. The van der Waals surface area contributed by atoms with Crippen molar-refractivity contribution in [3.05, 3.63) is 47.9 Å². The summed E-state index contributed by atoms with van der Waals surface area (Å²) in [5.74, 6) is -6.95. The van der Waals surface area contributed by atoms with E-state index < -0.39 is 71.4 Å². The maximum Gasteiger partial charge on any atom is 0.322 e. The lowest BCUT2D eigenvalue weighted by Crippen LogP contribution is -2.49. The zero-order valence-corrected chi connectivity index (χ0v) is 33.6. The molecule has 3 rings (SSSR count). The van der Waals surface area contributed by atoms with E-state index >= 15 is 0 Å². The molecule has 59 heavy (non-hydrogen) atoms. The van der Waals surface area contributed by atoms with Gasteiger partial charge in [0.2, 0.25) is 23.5 Å². The number of carbonyl (C=O) groups excluding carboxylic acids is 6. The Hall–Kier alpha value is -6.60. The van der Waals surface area contributed by atoms with Gasteiger partial charge in [-0.1, -0.05) is 0 Å². The Labute approximate surface area is 345 Å². The van der Waals surface area contributed by atoms with Crippen LogP contribution in [-0.2, 0) is 45.1 Å². The summed E-state index contributed by atoms with van der Waals surface area (Å²) in [5.41, 5.74) is 17.0. The van der Waals surface area contributed by atoms with Crippen molar-refractivity contribution >= 4 is 93.9 Å². The number of nitrogens with two attached hydrogens (primary N) is 3. The Bertz CT molecular complexity index is 2090. The number of nitrogens with one attached hydrogen (secondary N) is 6. The van der Waals surface area contributed by atoms with E-state index in [9.17, 15) is 38.4 Å². The summed E-state index contributed by atoms with van der Waals surface area (Å²) in [7, 11) is 4.73. The van der Waals surface area contributed by atoms with Gasteiger partial charge >= 0.3 is 11.9 Å². The topological polar surface area (TPSA) is 367 Å². The molecule has 3 heterocycles. The predicted octanol–water partition coefficient (Wildman–Crippen LogP) is -2.24. The second-order valence-corrected chi connectivity index (χ2v) is 14.3. The molecule has 320 valence electrons. The minimum atomic E-state index is -1.33. The Balaban J connectivity index is 1.55. The van der Waals surface area contributed by atoms with Crippen LogP contribution in [0.15, 0.2) is 35.7 Å². The average molecular weight is 865 g/mol. The summed E-state index contributed by atoms with van der Waals surface area (Å²) in [6, 6.07) is 0.358. The summed E-state index contributed by atoms with van der Waals surface area (Å²) in [6.45, 7) is -0.340. The van der Waals surface area contributed by atoms with E-state index in [1.165, 1.54) is 45.3 Å². The van der Waals surface area contributed by atoms with Crippen molar-refractivity contribution in [2.45, 2.75) is 30.3 Å². The number of guanidine groups is 1. The van der Waals surface area contributed by atoms with Crippen molar-refractivity contribution < 1.29 is 48.6 Å². The molecule has 3 atom stereocenters. The van der Waals surface area contributed by atoms with Gasteiger partial charge in [-0.2, -0.15) is 11.8 Å². The van der Waals surface area contributed by atoms with Crippen molar-refractivity contribution in [3.63, 3.8) is 0 Å². The van der Waals surface area contributed by atoms with Crippen LogP contribution in [0, 0.1) is 0 Å². The SMILES string of the molecule is Cn1cc(NC(=O)c2cc(NC(=O)c3nc(NC(=O)C(Cl)CSCC(NC(=O)CCC(N)C(=O)O)C(=O)NCC(=O)O)cn3C)cn2C)cc1C(=O)NCCN=C(N)N. The van der Waals surface area contributed by atoms with Crippen molar-refractivity contribution in [1.29, 1.82) is 0 Å². The van der Waals surface area contributed by atoms with Gasteiger partial charge in [-0.25, -0.2) is 4.98 Å². The quantitative estimate of drug-likeness (QED) is 0.0220. The number of aryl methyl sites for hydroxylation is 3. The highest BCUT2D eigenvalue weighted by Crippen LogP contribution is 2.19. The standard InChI is InChI=1S/C33H45ClN14O10S/c1-46-11-16(8-21(46)29(54)38-6-7-39-33(36)37)41-30(55)22-9-17(12-47(22)2)42-31(56)26-44-23(13-48(26)3)45-27(52)18(34)14-59-15-20(28(53)40-10-25(50)51)43-24(49)5-4-19(35)32(57)58/h8-9,11-13,18-20H,4-7,10,14-15,35H2,1-3H3,(H,38,54)(H,40,53)(H,41,55)(H,42,56)(H,43,49)(H,45,52)(H,50,51)(H,57,58)(H4,36,37,39). The number of halogens is 1. The maximum atomic E-state index is 13.2. The molecule has 0 bridgehead atoms. The highest BCUT2D eigenvalue weighted by atomic mass is 35.5. The maximum absolute atomic E-state index is 13.2. The van der Waals surface area contributed by atoms with E-state index in [1.54, 1.807) is 20.3 Å². The van der Waals surface area contributed by atoms with E-state index in [1.807, 2.05) is 0 Å². The second-order valence-electron chi connectivity index (χ2n) is 12.7. The number of aliphatic imine (C=N–C) groups is 1. The molecular formula is C33H45ClN14O10S. The lowest BCUT2D eigenvalue weighted by molar-refractivity contribution is -0.139. The van der Waals surface area contributed by atoms with E-state index in [-0.39, 0.29) is 72.1 Å². The number of thioether (sulfide) groups is 1. The van der Waals surface area contributed by atoms with Gasteiger partial charge in [0.25, 0.3) is 17.7 Å². The van der Waals surface area contributed by atoms with Gasteiger partial charge in [-0.05, 0) is 18.6 Å². The molecule has 0 aliphatic heterocycles. The molecule has 0 aliphatic carbocycles. The van der Waals surface area contributed by atoms with E-state index in [2.05, 4.69) is 41.9 Å². The Morgan fingerprint density at radius 1 is 0.831 bits per heavy atom. The zero-order chi connectivity index (χ0) is 44.0. The molecule has 3 aromatic heterocycles. The molecule has 0 aromatic carbocycles. The highest BCUT2D eigenvalue weighted by Gasteiger charge is 2.25. The van der Waals surface area contributed by atoms with Crippen molar-refractivity contribution in [3.8, 4) is 0 Å². The van der Waals surface area contributed by atoms with Gasteiger partial charge < -0.3 is 73.0 Å². The van der Waals surface area contributed by atoms with Gasteiger partial charge in [0.15, 0.2) is 11.8 Å². The molecule has 24 nitrogen and oxygen atoms in total. The van der Waals surface area contributed by atoms with Gasteiger partial charge in [-0.3, -0.25) is 43.3 Å². The number of aliphatic carboxylic acids is 2. The third-order valence-electron chi connectivity index (χ3n) is 7.91. The van der Waals surface area contributed by atoms with Crippen LogP contribution in [-0.4, -0.2) is 131 Å². The third-order valence-corrected chi connectivity index (χ3v) is 9.59. The first-order chi connectivity index (χ1) is 27.7. The molecule has 3 aromatic rings. The van der Waals surface area contributed by atoms with Crippen LogP contribution in [0.2, 0.25) is 0 Å². The molecule has 0 saturated carbocycles. The molecular weight excluding hydrogens is 820 g/mol. The van der Waals surface area contributed by atoms with Gasteiger partial charge in [0.1, 0.15) is 35.4 Å². The van der Waals surface area contributed by atoms with Gasteiger partial charge in [-0.15, -0.1) is 11.6 Å². The van der Waals surface area contributed by atoms with Crippen molar-refractivity contribution in [2.75, 3.05) is 47.1 Å². The third kappa shape index (κ3) is 14.7. The first kappa shape index (κ1) is 46.8. The molecule has 6 amide bonds. The van der Waals surface area contributed by atoms with Crippen molar-refractivity contribution in [2.24, 2.45) is 43.3 Å². The Kier molecular flexibility index (Phi) is 17.3. The molecule has 0 fully saturated rings. The van der Waals surface area contributed by atoms with Crippen LogP contribution in [0.4, 0.5) is 17.2 Å². The molecule has 26 heteroatoms. The van der Waals surface area contributed by atoms with Gasteiger partial charge in [0, 0.05) is 64.2 Å². The molecule has 0 saturated heterocycles. The predicted molar refractivity (Wildman–Crippen MR) is 216 cm³/mol. The van der Waals surface area contributed by atoms with Crippen LogP contribution in [0.1, 0.15) is 44.4 Å². The van der Waals surface area contributed by atoms with Crippen LogP contribution in [0.5, 0.6) is 0 Å². The van der Waals surface area contributed by atoms with Crippen molar-refractivity contribution in [1.82, 2.24) is 34.6 Å². The van der Waals surface area contributed by atoms with Crippen LogP contribution >= 0.6 is 23.4 Å². The largest absolute Gasteiger partial charge is 0.480 e. The number of anilines is 3. The fourth-order valence-corrected chi connectivity index (χ4v) is 6.28. The molecule has 0 aliphatic rings. The Morgan fingerprint density at radius 3 is 2.03 bits per heavy atom. The zero-order valence-electron chi connectivity index (χ0n) is 32.0. The summed E-state index contributed by atoms with van der Waals surface area (Å²) in [5, 5.41) is 31.7.